The summed E-state index contributed by atoms with van der Waals surface area (Å²) >= 11 is 0. The van der Waals surface area contributed by atoms with Crippen molar-refractivity contribution in [2.75, 3.05) is 20.2 Å². The standard InChI is InChI=1S/C21H21N5O3/c1-29-16-4-2-3-13(9-16)7-8-22-21(28)19-25-18-6-5-14(15-11-23-24-12-15)10-17(18)20(27)26-19/h2-6,9-11,15,24H,7-8,12H2,1H3,(H,22,28)(H,25,26,27). The first-order chi connectivity index (χ1) is 14.1. The predicted octanol–water partition coefficient (Wildman–Crippen LogP) is 1.58. The van der Waals surface area contributed by atoms with E-state index < -0.39 is 5.91 Å². The zero-order chi connectivity index (χ0) is 20.2. The number of ether oxygens (including phenoxy) is 1. The number of aromatic amines is 1. The van der Waals surface area contributed by atoms with Gasteiger partial charge >= 0.3 is 0 Å². The molecule has 29 heavy (non-hydrogen) atoms. The second kappa shape index (κ2) is 8.14. The average molecular weight is 391 g/mol. The molecule has 1 aliphatic heterocycles. The first kappa shape index (κ1) is 18.7. The number of rotatable bonds is 6. The van der Waals surface area contributed by atoms with Crippen LogP contribution in [0.5, 0.6) is 5.75 Å². The first-order valence-corrected chi connectivity index (χ1v) is 9.35. The third-order valence-corrected chi connectivity index (χ3v) is 4.86. The fourth-order valence-electron chi connectivity index (χ4n) is 3.28. The lowest BCUT2D eigenvalue weighted by Crippen LogP contribution is -2.29. The van der Waals surface area contributed by atoms with Crippen LogP contribution in [0.15, 0.2) is 52.4 Å². The summed E-state index contributed by atoms with van der Waals surface area (Å²) in [6, 6.07) is 13.1. The molecule has 3 N–H and O–H groups in total. The van der Waals surface area contributed by atoms with Crippen molar-refractivity contribution >= 4 is 23.0 Å². The molecule has 1 aliphatic rings. The highest BCUT2D eigenvalue weighted by molar-refractivity contribution is 5.92. The molecular formula is C21H21N5O3. The summed E-state index contributed by atoms with van der Waals surface area (Å²) in [5, 5.41) is 7.25. The molecule has 1 atom stereocenters. The summed E-state index contributed by atoms with van der Waals surface area (Å²) in [4.78, 5) is 31.8. The van der Waals surface area contributed by atoms with Crippen LogP contribution in [0.1, 0.15) is 27.7 Å². The van der Waals surface area contributed by atoms with E-state index in [1.807, 2.05) is 36.5 Å². The van der Waals surface area contributed by atoms with Gasteiger partial charge in [0.15, 0.2) is 5.82 Å². The highest BCUT2D eigenvalue weighted by Crippen LogP contribution is 2.19. The fourth-order valence-corrected chi connectivity index (χ4v) is 3.28. The Labute approximate surface area is 167 Å². The minimum absolute atomic E-state index is 0.00462. The fraction of sp³-hybridized carbons (Fsp3) is 0.238. The molecule has 2 aromatic carbocycles. The van der Waals surface area contributed by atoms with E-state index in [0.717, 1.165) is 16.9 Å². The van der Waals surface area contributed by atoms with Crippen LogP contribution >= 0.6 is 0 Å². The smallest absolute Gasteiger partial charge is 0.287 e. The molecule has 1 amide bonds. The number of nitrogens with zero attached hydrogens (tertiary/aromatic N) is 2. The second-order valence-corrected chi connectivity index (χ2v) is 6.80. The van der Waals surface area contributed by atoms with Crippen molar-refractivity contribution in [2.45, 2.75) is 12.3 Å². The van der Waals surface area contributed by atoms with Gasteiger partial charge in [-0.1, -0.05) is 18.2 Å². The van der Waals surface area contributed by atoms with Gasteiger partial charge in [0.2, 0.25) is 0 Å². The Morgan fingerprint density at radius 3 is 2.97 bits per heavy atom. The van der Waals surface area contributed by atoms with Crippen molar-refractivity contribution in [3.8, 4) is 5.75 Å². The van der Waals surface area contributed by atoms with Crippen molar-refractivity contribution < 1.29 is 9.53 Å². The van der Waals surface area contributed by atoms with Crippen LogP contribution < -0.4 is 21.0 Å². The Morgan fingerprint density at radius 1 is 1.28 bits per heavy atom. The van der Waals surface area contributed by atoms with Crippen LogP contribution in [0.25, 0.3) is 10.9 Å². The summed E-state index contributed by atoms with van der Waals surface area (Å²) in [6.07, 6.45) is 2.45. The SMILES string of the molecule is COc1cccc(CCNC(=O)c2nc3ccc(C4C=NNC4)cc3c(=O)[nH]2)c1. The number of nitrogens with one attached hydrogen (secondary N) is 3. The lowest BCUT2D eigenvalue weighted by molar-refractivity contribution is 0.0944. The zero-order valence-corrected chi connectivity index (χ0v) is 15.9. The molecule has 0 radical (unpaired) electrons. The first-order valence-electron chi connectivity index (χ1n) is 9.35. The van der Waals surface area contributed by atoms with Gasteiger partial charge in [-0.2, -0.15) is 5.10 Å². The summed E-state index contributed by atoms with van der Waals surface area (Å²) in [5.41, 5.74) is 5.08. The molecule has 0 fully saturated rings. The number of hydrogen-bond donors (Lipinski definition) is 3. The Balaban J connectivity index is 1.46. The largest absolute Gasteiger partial charge is 0.497 e. The topological polar surface area (TPSA) is 108 Å². The maximum Gasteiger partial charge on any atom is 0.287 e. The number of H-pyrrole nitrogens is 1. The van der Waals surface area contributed by atoms with Crippen LogP contribution in [0.2, 0.25) is 0 Å². The minimum Gasteiger partial charge on any atom is -0.497 e. The van der Waals surface area contributed by atoms with Gasteiger partial charge in [0.25, 0.3) is 11.5 Å². The van der Waals surface area contributed by atoms with Gasteiger partial charge in [-0.05, 0) is 41.8 Å². The lowest BCUT2D eigenvalue weighted by Gasteiger charge is -2.09. The maximum absolute atomic E-state index is 12.5. The van der Waals surface area contributed by atoms with Crippen molar-refractivity contribution in [1.29, 1.82) is 0 Å². The molecule has 0 bridgehead atoms. The quantitative estimate of drug-likeness (QED) is 0.591. The number of carbonyl (C=O) groups is 1. The van der Waals surface area contributed by atoms with Crippen LogP contribution in [-0.4, -0.2) is 42.3 Å². The lowest BCUT2D eigenvalue weighted by atomic mass is 9.99. The highest BCUT2D eigenvalue weighted by atomic mass is 16.5. The normalized spacial score (nSPS) is 15.3. The molecule has 2 heterocycles. The van der Waals surface area contributed by atoms with E-state index in [4.69, 9.17) is 4.74 Å². The zero-order valence-electron chi connectivity index (χ0n) is 15.9. The number of fused-ring (bicyclic) bond motifs is 1. The second-order valence-electron chi connectivity index (χ2n) is 6.80. The molecule has 8 nitrogen and oxygen atoms in total. The number of amides is 1. The van der Waals surface area contributed by atoms with E-state index in [1.165, 1.54) is 0 Å². The maximum atomic E-state index is 12.5. The Hall–Kier alpha value is -3.68. The Bertz CT molecular complexity index is 1140. The number of aromatic nitrogens is 2. The van der Waals surface area contributed by atoms with E-state index >= 15 is 0 Å². The highest BCUT2D eigenvalue weighted by Gasteiger charge is 2.16. The molecule has 1 aromatic heterocycles. The van der Waals surface area contributed by atoms with Crippen LogP contribution in [0.3, 0.4) is 0 Å². The van der Waals surface area contributed by atoms with Gasteiger partial charge < -0.3 is 20.5 Å². The van der Waals surface area contributed by atoms with Gasteiger partial charge in [0.05, 0.1) is 18.0 Å². The molecule has 0 spiro atoms. The van der Waals surface area contributed by atoms with E-state index in [-0.39, 0.29) is 17.3 Å². The number of benzene rings is 2. The van der Waals surface area contributed by atoms with Gasteiger partial charge in [0, 0.05) is 25.2 Å². The van der Waals surface area contributed by atoms with E-state index in [1.54, 1.807) is 19.2 Å². The van der Waals surface area contributed by atoms with E-state index in [2.05, 4.69) is 25.8 Å². The molecule has 0 saturated carbocycles. The van der Waals surface area contributed by atoms with Gasteiger partial charge in [-0.3, -0.25) is 9.59 Å². The molecule has 0 saturated heterocycles. The monoisotopic (exact) mass is 391 g/mol. The molecule has 8 heteroatoms. The number of hydrogen-bond acceptors (Lipinski definition) is 6. The molecular weight excluding hydrogens is 370 g/mol. The van der Waals surface area contributed by atoms with Crippen LogP contribution in [0, 0.1) is 0 Å². The van der Waals surface area contributed by atoms with Crippen LogP contribution in [0.4, 0.5) is 0 Å². The van der Waals surface area contributed by atoms with Crippen molar-refractivity contribution in [3.63, 3.8) is 0 Å². The molecule has 0 aliphatic carbocycles. The third-order valence-electron chi connectivity index (χ3n) is 4.86. The molecule has 1 unspecified atom stereocenters. The number of carbonyl (C=O) groups excluding carboxylic acids is 1. The molecule has 4 rings (SSSR count). The summed E-state index contributed by atoms with van der Waals surface area (Å²) < 4.78 is 5.20. The van der Waals surface area contributed by atoms with Crippen molar-refractivity contribution in [3.05, 3.63) is 69.8 Å². The van der Waals surface area contributed by atoms with Gasteiger partial charge in [0.1, 0.15) is 5.75 Å². The van der Waals surface area contributed by atoms with Gasteiger partial charge in [-0.15, -0.1) is 0 Å². The summed E-state index contributed by atoms with van der Waals surface area (Å²) in [6.45, 7) is 1.12. The van der Waals surface area contributed by atoms with Crippen LogP contribution in [-0.2, 0) is 6.42 Å². The average Bonchev–Trinajstić information content (AvgIpc) is 3.28. The Kier molecular flexibility index (Phi) is 5.24. The summed E-state index contributed by atoms with van der Waals surface area (Å²) in [7, 11) is 1.61. The minimum atomic E-state index is -0.414. The van der Waals surface area contributed by atoms with E-state index in [0.29, 0.717) is 30.4 Å². The number of methoxy groups -OCH3 is 1. The Morgan fingerprint density at radius 2 is 2.17 bits per heavy atom. The predicted molar refractivity (Wildman–Crippen MR) is 111 cm³/mol. The van der Waals surface area contributed by atoms with Crippen molar-refractivity contribution in [2.24, 2.45) is 5.10 Å². The molecule has 3 aromatic rings. The number of hydrazone groups is 1. The van der Waals surface area contributed by atoms with Crippen molar-refractivity contribution in [1.82, 2.24) is 20.7 Å². The molecule has 148 valence electrons. The summed E-state index contributed by atoms with van der Waals surface area (Å²) in [5.74, 6) is 0.486. The van der Waals surface area contributed by atoms with Gasteiger partial charge in [-0.25, -0.2) is 4.98 Å². The van der Waals surface area contributed by atoms with E-state index in [9.17, 15) is 9.59 Å². The third kappa shape index (κ3) is 4.11.